The molecule has 150 valence electrons. The van der Waals surface area contributed by atoms with Gasteiger partial charge in [0.2, 0.25) is 0 Å². The number of nitrogens with zero attached hydrogens (tertiary/aromatic N) is 5. The molecule has 0 spiro atoms. The van der Waals surface area contributed by atoms with Crippen molar-refractivity contribution in [3.8, 4) is 5.69 Å². The van der Waals surface area contributed by atoms with Gasteiger partial charge in [-0.1, -0.05) is 12.1 Å². The second kappa shape index (κ2) is 6.65. The molecular weight excluding hydrogens is 395 g/mol. The van der Waals surface area contributed by atoms with E-state index in [0.717, 1.165) is 29.0 Å². The first-order valence-corrected chi connectivity index (χ1v) is 9.18. The van der Waals surface area contributed by atoms with Crippen LogP contribution in [0.15, 0.2) is 59.9 Å². The van der Waals surface area contributed by atoms with Gasteiger partial charge in [0.1, 0.15) is 18.5 Å². The largest absolute Gasteiger partial charge is 0.416 e. The van der Waals surface area contributed by atoms with Crippen LogP contribution in [0.4, 0.5) is 13.2 Å². The number of hydrogen-bond acceptors (Lipinski definition) is 4. The molecule has 0 N–H and O–H groups in total. The molecule has 2 aromatic carbocycles. The summed E-state index contributed by atoms with van der Waals surface area (Å²) in [5, 5.41) is 4.26. The maximum atomic E-state index is 13.1. The maximum Gasteiger partial charge on any atom is 0.416 e. The van der Waals surface area contributed by atoms with Crippen LogP contribution in [0.25, 0.3) is 28.2 Å². The summed E-state index contributed by atoms with van der Waals surface area (Å²) in [5.74, 6) is 0.409. The van der Waals surface area contributed by atoms with Crippen LogP contribution in [0.3, 0.4) is 0 Å². The summed E-state index contributed by atoms with van der Waals surface area (Å²) < 4.78 is 42.3. The van der Waals surface area contributed by atoms with Gasteiger partial charge >= 0.3 is 6.18 Å². The van der Waals surface area contributed by atoms with Gasteiger partial charge in [-0.25, -0.2) is 14.6 Å². The van der Waals surface area contributed by atoms with E-state index < -0.39 is 11.7 Å². The SMILES string of the molecule is O=c1c2ccc(C(F)(F)F)cc2nc2n1CCC2=Cc1ccc(-n2cncn2)cc1. The molecule has 0 saturated heterocycles. The van der Waals surface area contributed by atoms with E-state index in [1.165, 1.54) is 17.0 Å². The smallest absolute Gasteiger partial charge is 0.292 e. The van der Waals surface area contributed by atoms with Crippen LogP contribution in [-0.2, 0) is 12.7 Å². The topological polar surface area (TPSA) is 65.6 Å². The van der Waals surface area contributed by atoms with Crippen LogP contribution in [0, 0.1) is 0 Å². The zero-order valence-corrected chi connectivity index (χ0v) is 15.5. The number of benzene rings is 2. The average Bonchev–Trinajstić information content (AvgIpc) is 3.39. The minimum absolute atomic E-state index is 0.0513. The Hall–Kier alpha value is -3.75. The summed E-state index contributed by atoms with van der Waals surface area (Å²) in [6.45, 7) is 0.445. The van der Waals surface area contributed by atoms with Gasteiger partial charge in [0.15, 0.2) is 0 Å². The van der Waals surface area contributed by atoms with Crippen molar-refractivity contribution in [1.29, 1.82) is 0 Å². The van der Waals surface area contributed by atoms with Crippen LogP contribution < -0.4 is 5.56 Å². The number of alkyl halides is 3. The zero-order valence-electron chi connectivity index (χ0n) is 15.5. The van der Waals surface area contributed by atoms with E-state index in [4.69, 9.17) is 0 Å². The summed E-state index contributed by atoms with van der Waals surface area (Å²) >= 11 is 0. The van der Waals surface area contributed by atoms with Crippen LogP contribution in [0.1, 0.15) is 23.4 Å². The fourth-order valence-electron chi connectivity index (χ4n) is 3.60. The average molecular weight is 409 g/mol. The van der Waals surface area contributed by atoms with Gasteiger partial charge in [0.05, 0.1) is 22.2 Å². The highest BCUT2D eigenvalue weighted by molar-refractivity contribution is 5.85. The number of hydrogen-bond donors (Lipinski definition) is 0. The standard InChI is InChI=1S/C21H14F3N5O/c22-21(23,24)15-3-6-17-18(10-15)27-19-14(7-8-28(19)20(17)30)9-13-1-4-16(5-2-13)29-12-25-11-26-29/h1-6,9-12H,7-8H2. The monoisotopic (exact) mass is 409 g/mol. The van der Waals surface area contributed by atoms with Crippen LogP contribution in [0.2, 0.25) is 0 Å². The Bertz CT molecular complexity index is 1340. The molecule has 0 atom stereocenters. The lowest BCUT2D eigenvalue weighted by atomic mass is 10.1. The predicted octanol–water partition coefficient (Wildman–Crippen LogP) is 3.94. The lowest BCUT2D eigenvalue weighted by Gasteiger charge is -2.09. The Kier molecular flexibility index (Phi) is 4.05. The highest BCUT2D eigenvalue weighted by Gasteiger charge is 2.31. The molecule has 1 aliphatic rings. The summed E-state index contributed by atoms with van der Waals surface area (Å²) in [7, 11) is 0. The third kappa shape index (κ3) is 3.08. The van der Waals surface area contributed by atoms with Crippen molar-refractivity contribution in [3.05, 3.63) is 82.4 Å². The molecule has 2 aromatic heterocycles. The van der Waals surface area contributed by atoms with Gasteiger partial charge in [-0.3, -0.25) is 9.36 Å². The molecule has 3 heterocycles. The van der Waals surface area contributed by atoms with Gasteiger partial charge in [-0.15, -0.1) is 0 Å². The molecule has 4 aromatic rings. The first-order valence-electron chi connectivity index (χ1n) is 9.18. The van der Waals surface area contributed by atoms with Crippen molar-refractivity contribution in [1.82, 2.24) is 24.3 Å². The molecular formula is C21H14F3N5O. The van der Waals surface area contributed by atoms with E-state index in [1.54, 1.807) is 11.0 Å². The van der Waals surface area contributed by atoms with E-state index in [-0.39, 0.29) is 16.5 Å². The minimum atomic E-state index is -4.49. The van der Waals surface area contributed by atoms with Crippen LogP contribution in [-0.4, -0.2) is 24.3 Å². The Morgan fingerprint density at radius 2 is 1.87 bits per heavy atom. The van der Waals surface area contributed by atoms with Gasteiger partial charge in [0, 0.05) is 6.54 Å². The Balaban J connectivity index is 1.56. The second-order valence-electron chi connectivity index (χ2n) is 6.97. The van der Waals surface area contributed by atoms with E-state index in [2.05, 4.69) is 15.1 Å². The molecule has 0 radical (unpaired) electrons. The summed E-state index contributed by atoms with van der Waals surface area (Å²) in [6.07, 6.45) is 1.03. The molecule has 5 rings (SSSR count). The highest BCUT2D eigenvalue weighted by Crippen LogP contribution is 2.32. The maximum absolute atomic E-state index is 13.1. The molecule has 0 amide bonds. The van der Waals surface area contributed by atoms with E-state index in [9.17, 15) is 18.0 Å². The van der Waals surface area contributed by atoms with E-state index >= 15 is 0 Å². The summed E-state index contributed by atoms with van der Waals surface area (Å²) in [6, 6.07) is 10.6. The minimum Gasteiger partial charge on any atom is -0.292 e. The van der Waals surface area contributed by atoms with Gasteiger partial charge in [0.25, 0.3) is 5.56 Å². The summed E-state index contributed by atoms with van der Waals surface area (Å²) in [4.78, 5) is 21.1. The molecule has 0 aliphatic carbocycles. The molecule has 0 bridgehead atoms. The highest BCUT2D eigenvalue weighted by atomic mass is 19.4. The van der Waals surface area contributed by atoms with Gasteiger partial charge in [-0.2, -0.15) is 18.3 Å². The fourth-order valence-corrected chi connectivity index (χ4v) is 3.60. The van der Waals surface area contributed by atoms with Crippen molar-refractivity contribution >= 4 is 22.6 Å². The predicted molar refractivity (Wildman–Crippen MR) is 105 cm³/mol. The lowest BCUT2D eigenvalue weighted by molar-refractivity contribution is -0.137. The molecule has 0 saturated carbocycles. The molecule has 9 heteroatoms. The zero-order chi connectivity index (χ0) is 20.9. The number of aromatic nitrogens is 5. The molecule has 30 heavy (non-hydrogen) atoms. The van der Waals surface area contributed by atoms with Gasteiger partial charge < -0.3 is 0 Å². The lowest BCUT2D eigenvalue weighted by Crippen LogP contribution is -2.21. The van der Waals surface area contributed by atoms with Crippen molar-refractivity contribution in [2.75, 3.05) is 0 Å². The number of fused-ring (bicyclic) bond motifs is 2. The first-order chi connectivity index (χ1) is 14.4. The van der Waals surface area contributed by atoms with Crippen LogP contribution in [0.5, 0.6) is 0 Å². The van der Waals surface area contributed by atoms with Crippen molar-refractivity contribution in [2.45, 2.75) is 19.1 Å². The third-order valence-corrected chi connectivity index (χ3v) is 5.09. The Labute approximate surface area is 167 Å². The number of rotatable bonds is 2. The molecule has 0 fully saturated rings. The first kappa shape index (κ1) is 18.3. The van der Waals surface area contributed by atoms with Crippen molar-refractivity contribution in [2.24, 2.45) is 0 Å². The van der Waals surface area contributed by atoms with Crippen molar-refractivity contribution in [3.63, 3.8) is 0 Å². The molecule has 0 unspecified atom stereocenters. The quantitative estimate of drug-likeness (QED) is 0.503. The normalized spacial score (nSPS) is 15.1. The number of allylic oxidation sites excluding steroid dienone is 1. The third-order valence-electron chi connectivity index (χ3n) is 5.09. The molecule has 6 nitrogen and oxygen atoms in total. The summed E-state index contributed by atoms with van der Waals surface area (Å²) in [5.41, 5.74) is 1.45. The van der Waals surface area contributed by atoms with Gasteiger partial charge in [-0.05, 0) is 54.0 Å². The van der Waals surface area contributed by atoms with E-state index in [0.29, 0.717) is 18.8 Å². The second-order valence-corrected chi connectivity index (χ2v) is 6.97. The molecule has 1 aliphatic heterocycles. The Morgan fingerprint density at radius 1 is 1.07 bits per heavy atom. The van der Waals surface area contributed by atoms with Crippen LogP contribution >= 0.6 is 0 Å². The number of halogens is 3. The Morgan fingerprint density at radius 3 is 2.57 bits per heavy atom. The fraction of sp³-hybridized carbons (Fsp3) is 0.143. The van der Waals surface area contributed by atoms with Crippen molar-refractivity contribution < 1.29 is 13.2 Å². The van der Waals surface area contributed by atoms with E-state index in [1.807, 2.05) is 30.3 Å².